The molecular formula is C17H17NO2. The minimum Gasteiger partial charge on any atom is -0.494 e. The molecule has 102 valence electrons. The molecule has 2 aromatic carbocycles. The molecule has 1 atom stereocenters. The summed E-state index contributed by atoms with van der Waals surface area (Å²) in [5.74, 6) is 1.03. The first kappa shape index (κ1) is 12.7. The third-order valence-electron chi connectivity index (χ3n) is 3.52. The molecule has 0 amide bonds. The second-order valence-electron chi connectivity index (χ2n) is 4.88. The number of anilines is 1. The van der Waals surface area contributed by atoms with Gasteiger partial charge in [0.15, 0.2) is 5.78 Å². The number of ether oxygens (including phenoxy) is 1. The third kappa shape index (κ3) is 2.39. The Morgan fingerprint density at radius 1 is 1.20 bits per heavy atom. The van der Waals surface area contributed by atoms with E-state index in [2.05, 4.69) is 5.32 Å². The number of hydrogen-bond donors (Lipinski definition) is 1. The molecular weight excluding hydrogens is 250 g/mol. The molecule has 1 N–H and O–H groups in total. The summed E-state index contributed by atoms with van der Waals surface area (Å²) in [6.07, 6.45) is 0.479. The van der Waals surface area contributed by atoms with Crippen LogP contribution in [0.3, 0.4) is 0 Å². The number of nitrogens with one attached hydrogen (secondary N) is 1. The van der Waals surface area contributed by atoms with Crippen molar-refractivity contribution in [3.8, 4) is 5.75 Å². The Balaban J connectivity index is 1.89. The van der Waals surface area contributed by atoms with Crippen LogP contribution in [0, 0.1) is 0 Å². The maximum absolute atomic E-state index is 12.2. The molecule has 0 saturated heterocycles. The molecule has 3 nitrogen and oxygen atoms in total. The van der Waals surface area contributed by atoms with E-state index in [0.29, 0.717) is 13.0 Å². The van der Waals surface area contributed by atoms with E-state index >= 15 is 0 Å². The van der Waals surface area contributed by atoms with E-state index in [1.807, 2.05) is 55.5 Å². The van der Waals surface area contributed by atoms with Crippen LogP contribution in [0.2, 0.25) is 0 Å². The maximum Gasteiger partial charge on any atom is 0.167 e. The minimum atomic E-state index is 0.0119. The molecule has 0 bridgehead atoms. The predicted octanol–water partition coefficient (Wildman–Crippen LogP) is 3.82. The number of hydrogen-bond acceptors (Lipinski definition) is 3. The van der Waals surface area contributed by atoms with Gasteiger partial charge >= 0.3 is 0 Å². The Kier molecular flexibility index (Phi) is 3.42. The first-order valence-corrected chi connectivity index (χ1v) is 6.89. The van der Waals surface area contributed by atoms with E-state index in [4.69, 9.17) is 4.74 Å². The fourth-order valence-electron chi connectivity index (χ4n) is 2.58. The molecule has 1 aliphatic rings. The van der Waals surface area contributed by atoms with Gasteiger partial charge in [-0.2, -0.15) is 0 Å². The van der Waals surface area contributed by atoms with Crippen LogP contribution in [-0.4, -0.2) is 12.4 Å². The largest absolute Gasteiger partial charge is 0.494 e. The summed E-state index contributed by atoms with van der Waals surface area (Å²) in [7, 11) is 0. The number of rotatable bonds is 3. The molecule has 0 fully saturated rings. The molecule has 1 unspecified atom stereocenters. The summed E-state index contributed by atoms with van der Waals surface area (Å²) in [5, 5.41) is 3.44. The third-order valence-corrected chi connectivity index (χ3v) is 3.52. The molecule has 0 radical (unpaired) electrons. The number of Topliss-reactive ketones (excluding diaryl/α,β-unsaturated/α-hetero) is 1. The van der Waals surface area contributed by atoms with Gasteiger partial charge in [-0.3, -0.25) is 4.79 Å². The van der Waals surface area contributed by atoms with Crippen LogP contribution in [0.5, 0.6) is 5.75 Å². The Morgan fingerprint density at radius 3 is 2.90 bits per heavy atom. The number of carbonyl (C=O) groups is 1. The molecule has 0 aromatic heterocycles. The Bertz CT molecular complexity index is 636. The number of fused-ring (bicyclic) bond motifs is 1. The fraction of sp³-hybridized carbons (Fsp3) is 0.235. The highest BCUT2D eigenvalue weighted by Gasteiger charge is 2.25. The molecule has 3 heteroatoms. The van der Waals surface area contributed by atoms with Crippen LogP contribution in [0.25, 0.3) is 0 Å². The highest BCUT2D eigenvalue weighted by Crippen LogP contribution is 2.33. The van der Waals surface area contributed by atoms with Gasteiger partial charge in [-0.1, -0.05) is 24.3 Å². The van der Waals surface area contributed by atoms with E-state index in [9.17, 15) is 4.79 Å². The smallest absolute Gasteiger partial charge is 0.167 e. The van der Waals surface area contributed by atoms with Crippen molar-refractivity contribution < 1.29 is 9.53 Å². The van der Waals surface area contributed by atoms with E-state index in [0.717, 1.165) is 22.6 Å². The predicted molar refractivity (Wildman–Crippen MR) is 79.4 cm³/mol. The molecule has 1 heterocycles. The van der Waals surface area contributed by atoms with Gasteiger partial charge in [0.25, 0.3) is 0 Å². The van der Waals surface area contributed by atoms with Crippen molar-refractivity contribution in [2.45, 2.75) is 19.4 Å². The van der Waals surface area contributed by atoms with Crippen LogP contribution in [-0.2, 0) is 0 Å². The number of ketones is 1. The van der Waals surface area contributed by atoms with E-state index < -0.39 is 0 Å². The van der Waals surface area contributed by atoms with Gasteiger partial charge in [-0.15, -0.1) is 0 Å². The van der Waals surface area contributed by atoms with Crippen LogP contribution >= 0.6 is 0 Å². The first-order valence-electron chi connectivity index (χ1n) is 6.89. The summed E-state index contributed by atoms with van der Waals surface area (Å²) >= 11 is 0. The number of para-hydroxylation sites is 1. The highest BCUT2D eigenvalue weighted by atomic mass is 16.5. The Hall–Kier alpha value is -2.29. The van der Waals surface area contributed by atoms with E-state index in [1.165, 1.54) is 0 Å². The van der Waals surface area contributed by atoms with Crippen LogP contribution < -0.4 is 10.1 Å². The number of benzene rings is 2. The maximum atomic E-state index is 12.2. The quantitative estimate of drug-likeness (QED) is 0.918. The van der Waals surface area contributed by atoms with Gasteiger partial charge in [0.05, 0.1) is 12.6 Å². The second kappa shape index (κ2) is 5.37. The van der Waals surface area contributed by atoms with Crippen molar-refractivity contribution in [3.63, 3.8) is 0 Å². The van der Waals surface area contributed by atoms with Crippen LogP contribution in [0.1, 0.15) is 35.3 Å². The molecule has 0 saturated carbocycles. The highest BCUT2D eigenvalue weighted by molar-refractivity contribution is 6.03. The fourth-order valence-corrected chi connectivity index (χ4v) is 2.58. The van der Waals surface area contributed by atoms with Gasteiger partial charge in [0, 0.05) is 17.7 Å². The monoisotopic (exact) mass is 267 g/mol. The van der Waals surface area contributed by atoms with Crippen molar-refractivity contribution in [2.24, 2.45) is 0 Å². The van der Waals surface area contributed by atoms with Gasteiger partial charge in [0.1, 0.15) is 5.75 Å². The van der Waals surface area contributed by atoms with Crippen molar-refractivity contribution in [1.29, 1.82) is 0 Å². The average molecular weight is 267 g/mol. The lowest BCUT2D eigenvalue weighted by atomic mass is 9.92. The van der Waals surface area contributed by atoms with Gasteiger partial charge in [0.2, 0.25) is 0 Å². The molecule has 3 rings (SSSR count). The van der Waals surface area contributed by atoms with E-state index in [-0.39, 0.29) is 11.8 Å². The molecule has 1 aliphatic heterocycles. The molecule has 2 aromatic rings. The molecule has 0 spiro atoms. The van der Waals surface area contributed by atoms with Gasteiger partial charge < -0.3 is 10.1 Å². The summed E-state index contributed by atoms with van der Waals surface area (Å²) in [6.45, 7) is 2.61. The second-order valence-corrected chi connectivity index (χ2v) is 4.88. The van der Waals surface area contributed by atoms with Crippen molar-refractivity contribution in [1.82, 2.24) is 0 Å². The minimum absolute atomic E-state index is 0.0119. The summed E-state index contributed by atoms with van der Waals surface area (Å²) in [4.78, 5) is 12.2. The lowest BCUT2D eigenvalue weighted by Gasteiger charge is -2.26. The zero-order chi connectivity index (χ0) is 13.9. The van der Waals surface area contributed by atoms with Crippen molar-refractivity contribution in [3.05, 3.63) is 59.7 Å². The lowest BCUT2D eigenvalue weighted by Crippen LogP contribution is -2.22. The SMILES string of the molecule is CCOc1cccc(C2CC(=O)c3ccccc3N2)c1. The summed E-state index contributed by atoms with van der Waals surface area (Å²) < 4.78 is 5.52. The van der Waals surface area contributed by atoms with Gasteiger partial charge in [-0.25, -0.2) is 0 Å². The number of carbonyl (C=O) groups excluding carboxylic acids is 1. The van der Waals surface area contributed by atoms with Crippen LogP contribution in [0.4, 0.5) is 5.69 Å². The topological polar surface area (TPSA) is 38.3 Å². The average Bonchev–Trinajstić information content (AvgIpc) is 2.48. The lowest BCUT2D eigenvalue weighted by molar-refractivity contribution is 0.0972. The zero-order valence-electron chi connectivity index (χ0n) is 11.4. The van der Waals surface area contributed by atoms with Gasteiger partial charge in [-0.05, 0) is 36.8 Å². The normalized spacial score (nSPS) is 17.2. The zero-order valence-corrected chi connectivity index (χ0v) is 11.4. The Morgan fingerprint density at radius 2 is 2.05 bits per heavy atom. The van der Waals surface area contributed by atoms with Crippen molar-refractivity contribution in [2.75, 3.05) is 11.9 Å². The standard InChI is InChI=1S/C17H17NO2/c1-2-20-13-7-5-6-12(10-13)16-11-17(19)14-8-3-4-9-15(14)18-16/h3-10,16,18H,2,11H2,1H3. The van der Waals surface area contributed by atoms with Crippen LogP contribution in [0.15, 0.2) is 48.5 Å². The first-order chi connectivity index (χ1) is 9.78. The Labute approximate surface area is 118 Å². The summed E-state index contributed by atoms with van der Waals surface area (Å²) in [6, 6.07) is 15.6. The summed E-state index contributed by atoms with van der Waals surface area (Å²) in [5.41, 5.74) is 2.78. The van der Waals surface area contributed by atoms with Crippen molar-refractivity contribution >= 4 is 11.5 Å². The molecule has 0 aliphatic carbocycles. The van der Waals surface area contributed by atoms with E-state index in [1.54, 1.807) is 0 Å². The molecule has 20 heavy (non-hydrogen) atoms.